The number of hydrogen-bond donors (Lipinski definition) is 1. The highest BCUT2D eigenvalue weighted by Gasteiger charge is 2.24. The van der Waals surface area contributed by atoms with E-state index in [1.165, 1.54) is 43.9 Å². The molecule has 0 bridgehead atoms. The molecule has 1 aliphatic rings. The smallest absolute Gasteiger partial charge is 0.178 e. The van der Waals surface area contributed by atoms with Gasteiger partial charge < -0.3 is 4.74 Å². The lowest BCUT2D eigenvalue weighted by Gasteiger charge is -2.12. The minimum Gasteiger partial charge on any atom is -0.362 e. The van der Waals surface area contributed by atoms with E-state index in [2.05, 4.69) is 12.2 Å². The molecule has 1 fully saturated rings. The minimum atomic E-state index is 0.132. The third-order valence-electron chi connectivity index (χ3n) is 2.72. The minimum absolute atomic E-state index is 0.132. The van der Waals surface area contributed by atoms with Crippen LogP contribution >= 0.6 is 23.5 Å². The lowest BCUT2D eigenvalue weighted by atomic mass is 10.1. The average molecular weight is 277 g/mol. The average Bonchev–Trinajstić information content (AvgIpc) is 2.76. The van der Waals surface area contributed by atoms with Crippen LogP contribution in [-0.4, -0.2) is 28.9 Å². The fraction of sp³-hybridized carbons (Fsp3) is 0.917. The zero-order valence-corrected chi connectivity index (χ0v) is 12.2. The van der Waals surface area contributed by atoms with Crippen molar-refractivity contribution in [3.05, 3.63) is 0 Å². The van der Waals surface area contributed by atoms with E-state index in [4.69, 9.17) is 4.74 Å². The van der Waals surface area contributed by atoms with Crippen molar-refractivity contribution in [3.8, 4) is 0 Å². The number of hydrogen-bond acceptors (Lipinski definition) is 5. The maximum atomic E-state index is 10.3. The fourth-order valence-corrected chi connectivity index (χ4v) is 3.56. The van der Waals surface area contributed by atoms with Gasteiger partial charge in [0.2, 0.25) is 0 Å². The molecule has 100 valence electrons. The Morgan fingerprint density at radius 2 is 2.12 bits per heavy atom. The summed E-state index contributed by atoms with van der Waals surface area (Å²) in [7, 11) is 0. The molecule has 17 heavy (non-hydrogen) atoms. The number of ether oxygens (including phenoxy) is 1. The number of rotatable bonds is 10. The summed E-state index contributed by atoms with van der Waals surface area (Å²) in [5, 5.41) is 3.28. The van der Waals surface area contributed by atoms with E-state index in [0.717, 1.165) is 24.4 Å². The first-order chi connectivity index (χ1) is 8.36. The summed E-state index contributed by atoms with van der Waals surface area (Å²) < 4.78 is 5.91. The molecule has 0 saturated carbocycles. The van der Waals surface area contributed by atoms with E-state index < -0.39 is 0 Å². The van der Waals surface area contributed by atoms with Crippen LogP contribution in [0.25, 0.3) is 0 Å². The molecule has 0 spiro atoms. The van der Waals surface area contributed by atoms with Gasteiger partial charge in [0.1, 0.15) is 10.9 Å². The predicted octanol–water partition coefficient (Wildman–Crippen LogP) is 3.23. The van der Waals surface area contributed by atoms with Gasteiger partial charge in [-0.25, -0.2) is 0 Å². The Morgan fingerprint density at radius 3 is 2.88 bits per heavy atom. The van der Waals surface area contributed by atoms with Crippen LogP contribution in [0.3, 0.4) is 0 Å². The molecule has 0 radical (unpaired) electrons. The van der Waals surface area contributed by atoms with Gasteiger partial charge in [-0.3, -0.25) is 10.1 Å². The van der Waals surface area contributed by atoms with E-state index >= 15 is 0 Å². The lowest BCUT2D eigenvalue weighted by Crippen LogP contribution is -2.31. The second-order valence-corrected chi connectivity index (χ2v) is 6.56. The Hall–Kier alpha value is 0.290. The summed E-state index contributed by atoms with van der Waals surface area (Å²) in [5.41, 5.74) is 0.890. The van der Waals surface area contributed by atoms with Crippen LogP contribution < -0.4 is 5.32 Å². The molecule has 2 atom stereocenters. The van der Waals surface area contributed by atoms with Crippen molar-refractivity contribution in [3.63, 3.8) is 0 Å². The standard InChI is InChI=1S/C12H23NO2S2/c1-2-3-4-5-6-7-8-15-11-9-16-12(13-11)17-10-14/h10-13H,2-9H2,1H3. The van der Waals surface area contributed by atoms with E-state index in [9.17, 15) is 4.79 Å². The summed E-state index contributed by atoms with van der Waals surface area (Å²) >= 11 is 3.03. The molecule has 1 aliphatic heterocycles. The highest BCUT2D eigenvalue weighted by atomic mass is 32.2. The topological polar surface area (TPSA) is 38.3 Å². The summed E-state index contributed by atoms with van der Waals surface area (Å²) in [5.74, 6) is 0.946. The monoisotopic (exact) mass is 277 g/mol. The largest absolute Gasteiger partial charge is 0.362 e. The van der Waals surface area contributed by atoms with Crippen LogP contribution in [0.5, 0.6) is 0 Å². The maximum absolute atomic E-state index is 10.3. The molecule has 0 aliphatic carbocycles. The SMILES string of the molecule is CCCCCCCCOC1CSC(SC=O)N1. The number of thioether (sulfide) groups is 2. The molecule has 1 saturated heterocycles. The predicted molar refractivity (Wildman–Crippen MR) is 76.8 cm³/mol. The van der Waals surface area contributed by atoms with E-state index in [0.29, 0.717) is 0 Å². The molecule has 1 heterocycles. The number of nitrogens with one attached hydrogen (secondary N) is 1. The van der Waals surface area contributed by atoms with Crippen LogP contribution in [0.1, 0.15) is 45.4 Å². The summed E-state index contributed by atoms with van der Waals surface area (Å²) in [6.45, 7) is 3.07. The molecular weight excluding hydrogens is 254 g/mol. The molecule has 1 N–H and O–H groups in total. The van der Waals surface area contributed by atoms with Gasteiger partial charge in [0, 0.05) is 12.4 Å². The van der Waals surface area contributed by atoms with Gasteiger partial charge in [-0.05, 0) is 6.42 Å². The van der Waals surface area contributed by atoms with Gasteiger partial charge in [0.15, 0.2) is 5.62 Å². The van der Waals surface area contributed by atoms with E-state index in [1.54, 1.807) is 11.8 Å². The van der Waals surface area contributed by atoms with Gasteiger partial charge in [0.25, 0.3) is 0 Å². The van der Waals surface area contributed by atoms with Crippen LogP contribution in [0.15, 0.2) is 0 Å². The third kappa shape index (κ3) is 7.34. The van der Waals surface area contributed by atoms with Gasteiger partial charge >= 0.3 is 0 Å². The zero-order chi connectivity index (χ0) is 12.3. The molecule has 3 nitrogen and oxygen atoms in total. The van der Waals surface area contributed by atoms with Crippen molar-refractivity contribution in [2.75, 3.05) is 12.4 Å². The van der Waals surface area contributed by atoms with Gasteiger partial charge in [-0.1, -0.05) is 50.8 Å². The van der Waals surface area contributed by atoms with Crippen LogP contribution in [0.4, 0.5) is 0 Å². The Balaban J connectivity index is 1.88. The highest BCUT2D eigenvalue weighted by Crippen LogP contribution is 2.26. The molecule has 1 rings (SSSR count). The maximum Gasteiger partial charge on any atom is 0.178 e. The number of unbranched alkanes of at least 4 members (excludes halogenated alkanes) is 5. The first-order valence-corrected chi connectivity index (χ1v) is 8.44. The van der Waals surface area contributed by atoms with E-state index in [1.807, 2.05) is 0 Å². The highest BCUT2D eigenvalue weighted by molar-refractivity contribution is 8.23. The molecular formula is C12H23NO2S2. The van der Waals surface area contributed by atoms with Crippen molar-refractivity contribution < 1.29 is 9.53 Å². The molecule has 0 amide bonds. The summed E-state index contributed by atoms with van der Waals surface area (Å²) in [6, 6.07) is 0. The molecule has 0 aromatic rings. The Kier molecular flexibility index (Phi) is 9.24. The molecule has 0 aromatic heterocycles. The third-order valence-corrected chi connectivity index (χ3v) is 4.89. The summed E-state index contributed by atoms with van der Waals surface area (Å²) in [6.07, 6.45) is 7.89. The molecule has 5 heteroatoms. The second-order valence-electron chi connectivity index (χ2n) is 4.19. The normalized spacial score (nSPS) is 24.1. The van der Waals surface area contributed by atoms with Crippen LogP contribution in [0.2, 0.25) is 0 Å². The van der Waals surface area contributed by atoms with Gasteiger partial charge in [0.05, 0.1) is 0 Å². The van der Waals surface area contributed by atoms with Crippen molar-refractivity contribution in [1.82, 2.24) is 5.32 Å². The fourth-order valence-electron chi connectivity index (χ4n) is 1.76. The molecule has 2 unspecified atom stereocenters. The summed E-state index contributed by atoms with van der Waals surface area (Å²) in [4.78, 5) is 10.3. The van der Waals surface area contributed by atoms with Crippen LogP contribution in [-0.2, 0) is 9.53 Å². The zero-order valence-electron chi connectivity index (χ0n) is 10.5. The van der Waals surface area contributed by atoms with Crippen molar-refractivity contribution in [1.29, 1.82) is 0 Å². The van der Waals surface area contributed by atoms with E-state index in [-0.39, 0.29) is 10.9 Å². The second kappa shape index (κ2) is 10.2. The van der Waals surface area contributed by atoms with Crippen molar-refractivity contribution in [2.45, 2.75) is 56.4 Å². The number of carbonyl (C=O) groups excluding carboxylic acids is 1. The Labute approximate surface area is 113 Å². The molecule has 0 aromatic carbocycles. The van der Waals surface area contributed by atoms with Gasteiger partial charge in [-0.15, -0.1) is 11.8 Å². The van der Waals surface area contributed by atoms with Crippen LogP contribution in [0, 0.1) is 0 Å². The lowest BCUT2D eigenvalue weighted by molar-refractivity contribution is 0.0507. The number of carbonyl (C=O) groups is 1. The first kappa shape index (κ1) is 15.3. The van der Waals surface area contributed by atoms with Gasteiger partial charge in [-0.2, -0.15) is 0 Å². The Morgan fingerprint density at radius 1 is 1.35 bits per heavy atom. The van der Waals surface area contributed by atoms with Crippen molar-refractivity contribution >= 4 is 29.1 Å². The Bertz CT molecular complexity index is 205. The quantitative estimate of drug-likeness (QED) is 0.490. The van der Waals surface area contributed by atoms with Crippen molar-refractivity contribution in [2.24, 2.45) is 0 Å². The first-order valence-electron chi connectivity index (χ1n) is 6.45.